The Kier molecular flexibility index (Phi) is 10.4. The molecule has 5 nitrogen and oxygen atoms in total. The van der Waals surface area contributed by atoms with Gasteiger partial charge in [-0.05, 0) is 12.1 Å². The second kappa shape index (κ2) is 10.9. The normalized spacial score (nSPS) is 17.5. The van der Waals surface area contributed by atoms with Crippen molar-refractivity contribution in [2.45, 2.75) is 18.9 Å². The molecule has 1 saturated heterocycles. The SMILES string of the molecule is Cl.Cl.O=C(CC1COCCN1)NCCc1ccccn1. The molecule has 2 N–H and O–H groups in total. The molecule has 2 rings (SSSR count). The highest BCUT2D eigenvalue weighted by molar-refractivity contribution is 5.85. The Balaban J connectivity index is 0.00000180. The van der Waals surface area contributed by atoms with Crippen molar-refractivity contribution < 1.29 is 9.53 Å². The van der Waals surface area contributed by atoms with Crippen LogP contribution < -0.4 is 10.6 Å². The topological polar surface area (TPSA) is 63.2 Å². The number of nitrogens with one attached hydrogen (secondary N) is 2. The summed E-state index contributed by atoms with van der Waals surface area (Å²) in [5.74, 6) is 0.0638. The van der Waals surface area contributed by atoms with Crippen LogP contribution in [-0.2, 0) is 16.0 Å². The summed E-state index contributed by atoms with van der Waals surface area (Å²) in [7, 11) is 0. The number of carbonyl (C=O) groups excluding carboxylic acids is 1. The smallest absolute Gasteiger partial charge is 0.221 e. The Morgan fingerprint density at radius 2 is 2.30 bits per heavy atom. The Morgan fingerprint density at radius 1 is 1.45 bits per heavy atom. The molecule has 1 fully saturated rings. The molecule has 114 valence electrons. The van der Waals surface area contributed by atoms with E-state index in [0.29, 0.717) is 19.6 Å². The maximum atomic E-state index is 11.7. The van der Waals surface area contributed by atoms with Crippen LogP contribution in [0.3, 0.4) is 0 Å². The van der Waals surface area contributed by atoms with Gasteiger partial charge in [0, 0.05) is 43.9 Å². The van der Waals surface area contributed by atoms with Gasteiger partial charge in [-0.2, -0.15) is 0 Å². The number of nitrogens with zero attached hydrogens (tertiary/aromatic N) is 1. The van der Waals surface area contributed by atoms with Crippen LogP contribution >= 0.6 is 24.8 Å². The molecule has 0 spiro atoms. The second-order valence-corrected chi connectivity index (χ2v) is 4.35. The van der Waals surface area contributed by atoms with Gasteiger partial charge >= 0.3 is 0 Å². The number of rotatable bonds is 5. The molecule has 7 heteroatoms. The molecule has 0 bridgehead atoms. The number of amides is 1. The van der Waals surface area contributed by atoms with E-state index in [-0.39, 0.29) is 36.8 Å². The van der Waals surface area contributed by atoms with Crippen LogP contribution in [0.4, 0.5) is 0 Å². The van der Waals surface area contributed by atoms with Gasteiger partial charge in [-0.25, -0.2) is 0 Å². The third-order valence-corrected chi connectivity index (χ3v) is 2.86. The zero-order valence-corrected chi connectivity index (χ0v) is 12.8. The molecule has 0 radical (unpaired) electrons. The Bertz CT molecular complexity index is 373. The highest BCUT2D eigenvalue weighted by atomic mass is 35.5. The lowest BCUT2D eigenvalue weighted by atomic mass is 10.2. The maximum absolute atomic E-state index is 11.7. The molecule has 1 amide bonds. The third-order valence-electron chi connectivity index (χ3n) is 2.86. The van der Waals surface area contributed by atoms with Gasteiger partial charge in [0.15, 0.2) is 0 Å². The Labute approximate surface area is 131 Å². The number of morpholine rings is 1. The minimum Gasteiger partial charge on any atom is -0.378 e. The van der Waals surface area contributed by atoms with Gasteiger partial charge in [-0.1, -0.05) is 6.07 Å². The van der Waals surface area contributed by atoms with E-state index in [1.54, 1.807) is 6.20 Å². The van der Waals surface area contributed by atoms with Gasteiger partial charge in [0.1, 0.15) is 0 Å². The molecular weight excluding hydrogens is 301 g/mol. The lowest BCUT2D eigenvalue weighted by molar-refractivity contribution is -0.122. The fourth-order valence-corrected chi connectivity index (χ4v) is 1.92. The van der Waals surface area contributed by atoms with E-state index in [9.17, 15) is 4.79 Å². The van der Waals surface area contributed by atoms with Crippen LogP contribution in [0.25, 0.3) is 0 Å². The van der Waals surface area contributed by atoms with Gasteiger partial charge < -0.3 is 15.4 Å². The van der Waals surface area contributed by atoms with Crippen LogP contribution in [-0.4, -0.2) is 43.2 Å². The first kappa shape index (κ1) is 19.1. The van der Waals surface area contributed by atoms with Crippen molar-refractivity contribution in [2.24, 2.45) is 0 Å². The molecule has 1 aromatic rings. The molecule has 1 aliphatic heterocycles. The predicted molar refractivity (Wildman–Crippen MR) is 82.7 cm³/mol. The Hall–Kier alpha value is -0.880. The summed E-state index contributed by atoms with van der Waals surface area (Å²) in [6.45, 7) is 2.81. The van der Waals surface area contributed by atoms with E-state index < -0.39 is 0 Å². The number of hydrogen-bond donors (Lipinski definition) is 2. The van der Waals surface area contributed by atoms with E-state index in [1.807, 2.05) is 18.2 Å². The van der Waals surface area contributed by atoms with Crippen molar-refractivity contribution in [1.82, 2.24) is 15.6 Å². The average Bonchev–Trinajstić information content (AvgIpc) is 2.41. The minimum atomic E-state index is 0. The van der Waals surface area contributed by atoms with Crippen molar-refractivity contribution in [3.8, 4) is 0 Å². The van der Waals surface area contributed by atoms with Gasteiger partial charge in [0.2, 0.25) is 5.91 Å². The summed E-state index contributed by atoms with van der Waals surface area (Å²) in [5, 5.41) is 6.16. The molecule has 20 heavy (non-hydrogen) atoms. The average molecular weight is 322 g/mol. The van der Waals surface area contributed by atoms with E-state index in [0.717, 1.165) is 25.3 Å². The van der Waals surface area contributed by atoms with Crippen LogP contribution in [0, 0.1) is 0 Å². The van der Waals surface area contributed by atoms with E-state index in [1.165, 1.54) is 0 Å². The lowest BCUT2D eigenvalue weighted by Crippen LogP contribution is -2.44. The first-order valence-electron chi connectivity index (χ1n) is 6.32. The van der Waals surface area contributed by atoms with E-state index in [4.69, 9.17) is 4.74 Å². The summed E-state index contributed by atoms with van der Waals surface area (Å²) in [4.78, 5) is 15.9. The van der Waals surface area contributed by atoms with Gasteiger partial charge in [-0.15, -0.1) is 24.8 Å². The monoisotopic (exact) mass is 321 g/mol. The molecular formula is C13H21Cl2N3O2. The summed E-state index contributed by atoms with van der Waals surface area (Å²) in [6, 6.07) is 5.95. The van der Waals surface area contributed by atoms with Crippen molar-refractivity contribution in [3.05, 3.63) is 30.1 Å². The van der Waals surface area contributed by atoms with Crippen molar-refractivity contribution >= 4 is 30.7 Å². The number of aromatic nitrogens is 1. The predicted octanol–water partition coefficient (Wildman–Crippen LogP) is 0.962. The number of hydrogen-bond acceptors (Lipinski definition) is 4. The molecule has 0 saturated carbocycles. The zero-order valence-electron chi connectivity index (χ0n) is 11.2. The quantitative estimate of drug-likeness (QED) is 0.848. The summed E-state index contributed by atoms with van der Waals surface area (Å²) in [6.07, 6.45) is 3.00. The maximum Gasteiger partial charge on any atom is 0.221 e. The van der Waals surface area contributed by atoms with E-state index >= 15 is 0 Å². The molecule has 1 aromatic heterocycles. The largest absolute Gasteiger partial charge is 0.378 e. The molecule has 1 aliphatic rings. The van der Waals surface area contributed by atoms with Gasteiger partial charge in [-0.3, -0.25) is 9.78 Å². The van der Waals surface area contributed by atoms with Crippen LogP contribution in [0.5, 0.6) is 0 Å². The first-order chi connectivity index (χ1) is 8.84. The molecule has 1 unspecified atom stereocenters. The first-order valence-corrected chi connectivity index (χ1v) is 6.32. The summed E-state index contributed by atoms with van der Waals surface area (Å²) in [5.41, 5.74) is 0.997. The van der Waals surface area contributed by atoms with Crippen molar-refractivity contribution in [3.63, 3.8) is 0 Å². The highest BCUT2D eigenvalue weighted by Crippen LogP contribution is 1.98. The fraction of sp³-hybridized carbons (Fsp3) is 0.538. The standard InChI is InChI=1S/C13H19N3O2.2ClH/c17-13(9-12-10-18-8-7-15-12)16-6-4-11-3-1-2-5-14-11;;/h1-3,5,12,15H,4,6-10H2,(H,16,17);2*1H. The minimum absolute atomic E-state index is 0. The molecule has 0 aliphatic carbocycles. The van der Waals surface area contributed by atoms with Crippen molar-refractivity contribution in [1.29, 1.82) is 0 Å². The molecule has 2 heterocycles. The number of halogens is 2. The molecule has 0 aromatic carbocycles. The summed E-state index contributed by atoms with van der Waals surface area (Å²) >= 11 is 0. The number of ether oxygens (including phenoxy) is 1. The van der Waals surface area contributed by atoms with Gasteiger partial charge in [0.25, 0.3) is 0 Å². The number of carbonyl (C=O) groups is 1. The third kappa shape index (κ3) is 7.05. The number of pyridine rings is 1. The zero-order chi connectivity index (χ0) is 12.6. The highest BCUT2D eigenvalue weighted by Gasteiger charge is 2.16. The fourth-order valence-electron chi connectivity index (χ4n) is 1.92. The Morgan fingerprint density at radius 3 is 2.95 bits per heavy atom. The van der Waals surface area contributed by atoms with Crippen molar-refractivity contribution in [2.75, 3.05) is 26.3 Å². The van der Waals surface area contributed by atoms with Crippen LogP contribution in [0.2, 0.25) is 0 Å². The summed E-state index contributed by atoms with van der Waals surface area (Å²) < 4.78 is 5.30. The van der Waals surface area contributed by atoms with E-state index in [2.05, 4.69) is 15.6 Å². The second-order valence-electron chi connectivity index (χ2n) is 4.35. The van der Waals surface area contributed by atoms with Crippen LogP contribution in [0.15, 0.2) is 24.4 Å². The van der Waals surface area contributed by atoms with Crippen LogP contribution in [0.1, 0.15) is 12.1 Å². The lowest BCUT2D eigenvalue weighted by Gasteiger charge is -2.23. The molecule has 1 atom stereocenters. The van der Waals surface area contributed by atoms with Gasteiger partial charge in [0.05, 0.1) is 13.2 Å².